The van der Waals surface area contributed by atoms with E-state index in [-0.39, 0.29) is 44.8 Å². The molecule has 0 fully saturated rings. The predicted octanol–water partition coefficient (Wildman–Crippen LogP) is 11.4. The molecule has 0 aliphatic carbocycles. The van der Waals surface area contributed by atoms with Crippen molar-refractivity contribution in [1.29, 1.82) is 0 Å². The van der Waals surface area contributed by atoms with Crippen LogP contribution >= 0.6 is 15.8 Å². The van der Waals surface area contributed by atoms with Gasteiger partial charge in [0, 0.05) is 0 Å². The molecule has 0 nitrogen and oxygen atoms in total. The molecule has 0 heterocycles. The molecule has 0 aromatic heterocycles. The van der Waals surface area contributed by atoms with Crippen LogP contribution in [0.5, 0.6) is 0 Å². The number of benzene rings is 9. The fourth-order valence-corrected chi connectivity index (χ4v) is 14.7. The molecule has 9 rings (SSSR count). The van der Waals surface area contributed by atoms with E-state index in [9.17, 15) is 0 Å². The van der Waals surface area contributed by atoms with Crippen molar-refractivity contribution in [2.24, 2.45) is 0 Å². The number of hydrogen-bond acceptors (Lipinski definition) is 0. The summed E-state index contributed by atoms with van der Waals surface area (Å²) in [4.78, 5) is 0. The van der Waals surface area contributed by atoms with Crippen LogP contribution in [0.2, 0.25) is 0 Å². The molecule has 0 aliphatic rings. The molecule has 57 heavy (non-hydrogen) atoms. The molecule has 0 saturated heterocycles. The smallest absolute Gasteiger partial charge is 0.366 e. The van der Waals surface area contributed by atoms with E-state index in [4.69, 9.17) is 12.8 Å². The van der Waals surface area contributed by atoms with Gasteiger partial charge >= 0.3 is 44.8 Å². The van der Waals surface area contributed by atoms with E-state index >= 15 is 0 Å². The van der Waals surface area contributed by atoms with E-state index < -0.39 is 15.8 Å². The Morgan fingerprint density at radius 2 is 0.667 bits per heavy atom. The second kappa shape index (κ2) is 22.2. The van der Waals surface area contributed by atoms with Crippen LogP contribution in [0.1, 0.15) is 11.1 Å². The van der Waals surface area contributed by atoms with Crippen LogP contribution in [0.25, 0.3) is 32.3 Å². The second-order valence-electron chi connectivity index (χ2n) is 13.1. The second-order valence-corrected chi connectivity index (χ2v) is 18.7. The number of fused-ring (bicyclic) bond motifs is 4. The maximum atomic E-state index is 7.35. The van der Waals surface area contributed by atoms with E-state index in [0.29, 0.717) is 0 Å². The first kappa shape index (κ1) is 43.3. The molecular formula is C53H40Ag2P2+2. The van der Waals surface area contributed by atoms with Gasteiger partial charge in [-0.3, -0.25) is 11.8 Å². The van der Waals surface area contributed by atoms with Gasteiger partial charge in [-0.1, -0.05) is 168 Å². The number of hydrogen-bond donors (Lipinski definition) is 0. The molecule has 0 unspecified atom stereocenters. The third-order valence-corrected chi connectivity index (χ3v) is 16.6. The monoisotopic (exact) mass is 952 g/mol. The summed E-state index contributed by atoms with van der Waals surface area (Å²) in [5.74, 6) is 6.18. The maximum Gasteiger partial charge on any atom is 1.00 e. The van der Waals surface area contributed by atoms with E-state index in [0.717, 1.165) is 32.7 Å². The standard InChI is InChI=1S/C25H22P2.C16H9.C12H7.2Ag/c1-5-13-22(14-6-1)26(23-15-7-2-8-16-23)21-27(24-17-9-3-10-18-24)25-19-11-4-12-20-25;1-2-12-11-13-7-3-4-9-15(13)16-10-6-5-8-14(12)16;1-2-10-7-5-8-11-6-3-4-9-12(10)11;;/h1-20H,21H2;3-11H;3-9H;;/q;2*-1;2*+1/p+2. The molecule has 0 N–H and O–H groups in total. The molecule has 9 aromatic rings. The molecule has 4 heteroatoms. The SMILES string of the molecule is [Ag+].[Ag+].[C-]#Cc1cc2ccccc2c2ccccc12.[C-]#Cc1cccc2ccccc12.c1ccc([PH+](C[PH+](c2ccccc2)c2ccccc2)c2ccccc2)cc1. The van der Waals surface area contributed by atoms with Crippen LogP contribution in [-0.2, 0) is 44.8 Å². The summed E-state index contributed by atoms with van der Waals surface area (Å²) in [6.45, 7) is 0. The van der Waals surface area contributed by atoms with Crippen molar-refractivity contribution in [2.45, 2.75) is 0 Å². The Kier molecular flexibility index (Phi) is 16.9. The zero-order valence-corrected chi connectivity index (χ0v) is 36.1. The van der Waals surface area contributed by atoms with Gasteiger partial charge in [0.25, 0.3) is 0 Å². The van der Waals surface area contributed by atoms with Crippen LogP contribution in [0.4, 0.5) is 0 Å². The first-order chi connectivity index (χ1) is 27.2. The summed E-state index contributed by atoms with van der Waals surface area (Å²) in [6.07, 6.45) is 14.4. The molecule has 0 saturated carbocycles. The first-order valence-corrected chi connectivity index (χ1v) is 21.8. The number of rotatable bonds is 6. The summed E-state index contributed by atoms with van der Waals surface area (Å²) in [5.41, 5.74) is 1.71. The third-order valence-electron chi connectivity index (χ3n) is 9.67. The van der Waals surface area contributed by atoms with E-state index in [1.807, 2.05) is 78.9 Å². The van der Waals surface area contributed by atoms with Gasteiger partial charge < -0.3 is 12.8 Å². The van der Waals surface area contributed by atoms with Gasteiger partial charge in [-0.2, -0.15) is 0 Å². The van der Waals surface area contributed by atoms with Crippen LogP contribution in [0.3, 0.4) is 0 Å². The van der Waals surface area contributed by atoms with Crippen molar-refractivity contribution >= 4 is 69.4 Å². The summed E-state index contributed by atoms with van der Waals surface area (Å²) in [5, 5.41) is 12.9. The van der Waals surface area contributed by atoms with Crippen LogP contribution < -0.4 is 21.2 Å². The quantitative estimate of drug-likeness (QED) is 0.0512. The Morgan fingerprint density at radius 3 is 1.12 bits per heavy atom. The zero-order valence-electron chi connectivity index (χ0n) is 31.1. The Labute approximate surface area is 371 Å². The van der Waals surface area contributed by atoms with Gasteiger partial charge in [0.05, 0.1) is 0 Å². The predicted molar refractivity (Wildman–Crippen MR) is 244 cm³/mol. The molecule has 9 aromatic carbocycles. The van der Waals surface area contributed by atoms with Crippen LogP contribution in [-0.4, -0.2) is 5.90 Å². The van der Waals surface area contributed by atoms with E-state index in [1.165, 1.54) is 37.9 Å². The molecule has 0 bridgehead atoms. The average molecular weight is 955 g/mol. The molecule has 0 radical (unpaired) electrons. The van der Waals surface area contributed by atoms with Gasteiger partial charge in [0.1, 0.15) is 37.1 Å². The third kappa shape index (κ3) is 11.0. The van der Waals surface area contributed by atoms with Gasteiger partial charge in [-0.25, -0.2) is 0 Å². The molecule has 282 valence electrons. The zero-order chi connectivity index (χ0) is 37.7. The molecule has 0 aliphatic heterocycles. The topological polar surface area (TPSA) is 0 Å². The Bertz CT molecular complexity index is 2540. The molecular weight excluding hydrogens is 914 g/mol. The molecule has 0 amide bonds. The fraction of sp³-hybridized carbons (Fsp3) is 0.0189. The maximum absolute atomic E-state index is 7.35. The van der Waals surface area contributed by atoms with E-state index in [2.05, 4.69) is 151 Å². The van der Waals surface area contributed by atoms with Gasteiger partial charge in [0.2, 0.25) is 0 Å². The largest absolute Gasteiger partial charge is 1.00 e. The Morgan fingerprint density at radius 1 is 0.316 bits per heavy atom. The van der Waals surface area contributed by atoms with Gasteiger partial charge in [-0.15, -0.1) is 23.3 Å². The van der Waals surface area contributed by atoms with Crippen molar-refractivity contribution in [2.75, 3.05) is 5.90 Å². The van der Waals surface area contributed by atoms with Crippen LogP contribution in [0, 0.1) is 24.7 Å². The molecule has 0 spiro atoms. The van der Waals surface area contributed by atoms with Crippen molar-refractivity contribution < 1.29 is 44.8 Å². The van der Waals surface area contributed by atoms with Crippen molar-refractivity contribution in [3.8, 4) is 11.8 Å². The summed E-state index contributed by atoms with van der Waals surface area (Å²) >= 11 is 0. The first-order valence-electron chi connectivity index (χ1n) is 18.4. The summed E-state index contributed by atoms with van der Waals surface area (Å²) in [6, 6.07) is 76.8. The van der Waals surface area contributed by atoms with Crippen LogP contribution in [0.15, 0.2) is 218 Å². The van der Waals surface area contributed by atoms with Crippen molar-refractivity contribution in [3.63, 3.8) is 0 Å². The summed E-state index contributed by atoms with van der Waals surface area (Å²) in [7, 11) is -1.69. The minimum Gasteiger partial charge on any atom is -0.366 e. The fourth-order valence-electron chi connectivity index (χ4n) is 6.97. The van der Waals surface area contributed by atoms with Gasteiger partial charge in [0.15, 0.2) is 5.90 Å². The molecule has 0 atom stereocenters. The van der Waals surface area contributed by atoms with Crippen molar-refractivity contribution in [3.05, 3.63) is 242 Å². The van der Waals surface area contributed by atoms with Crippen molar-refractivity contribution in [1.82, 2.24) is 0 Å². The Balaban J connectivity index is 0.000000176. The van der Waals surface area contributed by atoms with E-state index in [1.54, 1.807) is 0 Å². The van der Waals surface area contributed by atoms with Gasteiger partial charge in [-0.05, 0) is 70.1 Å². The average Bonchev–Trinajstić information content (AvgIpc) is 3.28. The minimum atomic E-state index is -0.847. The minimum absolute atomic E-state index is 0. The summed E-state index contributed by atoms with van der Waals surface area (Å²) < 4.78 is 0. The normalized spacial score (nSPS) is 10.2. The Hall–Kier alpha value is -4.78.